The molecular weight excluding hydrogens is 386 g/mol. The van der Waals surface area contributed by atoms with Crippen LogP contribution in [0, 0.1) is 17.8 Å². The highest BCUT2D eigenvalue weighted by molar-refractivity contribution is 8.16. The van der Waals surface area contributed by atoms with Crippen molar-refractivity contribution in [3.63, 3.8) is 0 Å². The van der Waals surface area contributed by atoms with Crippen LogP contribution in [0.15, 0.2) is 17.4 Å². The van der Waals surface area contributed by atoms with Gasteiger partial charge >= 0.3 is 0 Å². The average Bonchev–Trinajstić information content (AvgIpc) is 3.48. The van der Waals surface area contributed by atoms with Gasteiger partial charge in [0.25, 0.3) is 11.8 Å². The third-order valence-electron chi connectivity index (χ3n) is 7.35. The quantitative estimate of drug-likeness (QED) is 0.789. The number of carbonyl (C=O) groups excluding carboxylic acids is 2. The minimum atomic E-state index is -0.471. The Morgan fingerprint density at radius 1 is 1.31 bits per heavy atom. The molecule has 2 N–H and O–H groups in total. The first-order valence-corrected chi connectivity index (χ1v) is 11.7. The van der Waals surface area contributed by atoms with E-state index in [-0.39, 0.29) is 11.8 Å². The molecule has 0 aromatic carbocycles. The Labute approximate surface area is 175 Å². The summed E-state index contributed by atoms with van der Waals surface area (Å²) in [6.07, 6.45) is 11.2. The summed E-state index contributed by atoms with van der Waals surface area (Å²) in [5.41, 5.74) is 0.613. The molecule has 5 rings (SSSR count). The number of hydrogen-bond acceptors (Lipinski definition) is 5. The Balaban J connectivity index is 1.13. The van der Waals surface area contributed by atoms with Crippen molar-refractivity contribution in [2.45, 2.75) is 62.7 Å². The Morgan fingerprint density at radius 2 is 2.14 bits per heavy atom. The Hall–Kier alpha value is -1.83. The summed E-state index contributed by atoms with van der Waals surface area (Å²) in [5, 5.41) is 11.0. The van der Waals surface area contributed by atoms with Crippen LogP contribution in [-0.4, -0.2) is 56.0 Å². The summed E-state index contributed by atoms with van der Waals surface area (Å²) in [7, 11) is 0. The van der Waals surface area contributed by atoms with Gasteiger partial charge in [0.1, 0.15) is 4.75 Å². The van der Waals surface area contributed by atoms with Crippen LogP contribution in [0.25, 0.3) is 0 Å². The molecule has 0 radical (unpaired) electrons. The highest BCUT2D eigenvalue weighted by atomic mass is 32.2. The summed E-state index contributed by atoms with van der Waals surface area (Å²) in [4.78, 5) is 31.5. The number of hydrogen-bond donors (Lipinski definition) is 2. The van der Waals surface area contributed by atoms with Gasteiger partial charge in [0, 0.05) is 25.3 Å². The molecule has 1 saturated heterocycles. The average molecular weight is 416 g/mol. The van der Waals surface area contributed by atoms with Crippen molar-refractivity contribution in [1.82, 2.24) is 20.4 Å². The lowest BCUT2D eigenvalue weighted by atomic mass is 9.87. The molecule has 1 aromatic heterocycles. The number of rotatable bonds is 4. The molecule has 156 valence electrons. The predicted molar refractivity (Wildman–Crippen MR) is 113 cm³/mol. The number of H-pyrrole nitrogens is 1. The fraction of sp³-hybridized carbons (Fsp3) is 0.714. The molecule has 2 aliphatic heterocycles. The van der Waals surface area contributed by atoms with E-state index in [0.717, 1.165) is 49.4 Å². The van der Waals surface area contributed by atoms with Gasteiger partial charge in [-0.3, -0.25) is 14.7 Å². The minimum absolute atomic E-state index is 0.00468. The second kappa shape index (κ2) is 7.45. The molecule has 7 nitrogen and oxygen atoms in total. The molecule has 29 heavy (non-hydrogen) atoms. The monoisotopic (exact) mass is 415 g/mol. The molecule has 1 aromatic rings. The molecule has 2 aliphatic carbocycles. The first-order valence-electron chi connectivity index (χ1n) is 10.9. The number of piperidine rings is 1. The maximum atomic E-state index is 12.7. The van der Waals surface area contributed by atoms with Gasteiger partial charge in [0.15, 0.2) is 5.17 Å². The van der Waals surface area contributed by atoms with Gasteiger partial charge in [-0.2, -0.15) is 10.1 Å². The van der Waals surface area contributed by atoms with Gasteiger partial charge < -0.3 is 10.2 Å². The Bertz CT molecular complexity index is 817. The lowest BCUT2D eigenvalue weighted by molar-refractivity contribution is -0.119. The smallest absolute Gasteiger partial charge is 0.264 e. The third-order valence-corrected chi connectivity index (χ3v) is 8.54. The third kappa shape index (κ3) is 3.71. The van der Waals surface area contributed by atoms with Gasteiger partial charge in [-0.25, -0.2) is 0 Å². The summed E-state index contributed by atoms with van der Waals surface area (Å²) in [5.74, 6) is 2.13. The van der Waals surface area contributed by atoms with Gasteiger partial charge in [0.05, 0.1) is 11.8 Å². The molecule has 2 amide bonds. The van der Waals surface area contributed by atoms with Crippen molar-refractivity contribution in [2.75, 3.05) is 13.1 Å². The lowest BCUT2D eigenvalue weighted by Gasteiger charge is -2.34. The molecule has 2 saturated carbocycles. The van der Waals surface area contributed by atoms with Crippen LogP contribution >= 0.6 is 11.8 Å². The highest BCUT2D eigenvalue weighted by Crippen LogP contribution is 2.46. The zero-order valence-electron chi connectivity index (χ0n) is 16.9. The maximum Gasteiger partial charge on any atom is 0.264 e. The number of carbonyl (C=O) groups is 2. The van der Waals surface area contributed by atoms with E-state index >= 15 is 0 Å². The van der Waals surface area contributed by atoms with Crippen LogP contribution < -0.4 is 5.32 Å². The number of aromatic amines is 1. The number of amides is 2. The molecule has 0 spiro atoms. The molecule has 2 unspecified atom stereocenters. The Morgan fingerprint density at radius 3 is 2.79 bits per heavy atom. The fourth-order valence-electron chi connectivity index (χ4n) is 5.70. The number of amidine groups is 1. The van der Waals surface area contributed by atoms with Crippen molar-refractivity contribution in [2.24, 2.45) is 22.7 Å². The number of nitrogens with zero attached hydrogens (tertiary/aromatic N) is 3. The number of likely N-dealkylation sites (tertiary alicyclic amines) is 1. The van der Waals surface area contributed by atoms with Crippen LogP contribution in [0.3, 0.4) is 0 Å². The normalized spacial score (nSPS) is 34.7. The van der Waals surface area contributed by atoms with Crippen molar-refractivity contribution in [1.29, 1.82) is 0 Å². The number of aliphatic imine (C=N–C) groups is 1. The molecule has 2 bridgehead atoms. The largest absolute Gasteiger partial charge is 0.361 e. The number of thioether (sulfide) groups is 1. The van der Waals surface area contributed by atoms with E-state index in [1.807, 2.05) is 11.8 Å². The molecule has 4 atom stereocenters. The maximum absolute atomic E-state index is 12.7. The number of fused-ring (bicyclic) bond motifs is 2. The van der Waals surface area contributed by atoms with E-state index in [9.17, 15) is 9.59 Å². The van der Waals surface area contributed by atoms with Crippen LogP contribution in [0.1, 0.15) is 62.2 Å². The minimum Gasteiger partial charge on any atom is -0.361 e. The SMILES string of the molecule is CC1(CC2CCN(C(=O)c3cn[nH]c3)CC2)SC(N[C@H]2C[C@@H]3CCC2C3)=NC1=O. The predicted octanol–water partition coefficient (Wildman–Crippen LogP) is 2.82. The van der Waals surface area contributed by atoms with E-state index in [2.05, 4.69) is 20.5 Å². The Kier molecular flexibility index (Phi) is 4.92. The van der Waals surface area contributed by atoms with Crippen molar-refractivity contribution >= 4 is 28.7 Å². The van der Waals surface area contributed by atoms with Crippen LogP contribution in [0.4, 0.5) is 0 Å². The summed E-state index contributed by atoms with van der Waals surface area (Å²) >= 11 is 1.63. The first-order chi connectivity index (χ1) is 14.0. The zero-order valence-corrected chi connectivity index (χ0v) is 17.7. The van der Waals surface area contributed by atoms with E-state index < -0.39 is 4.75 Å². The second-order valence-electron chi connectivity index (χ2n) is 9.41. The van der Waals surface area contributed by atoms with Crippen molar-refractivity contribution in [3.8, 4) is 0 Å². The zero-order chi connectivity index (χ0) is 20.0. The van der Waals surface area contributed by atoms with E-state index in [4.69, 9.17) is 0 Å². The topological polar surface area (TPSA) is 90.4 Å². The fourth-order valence-corrected chi connectivity index (χ4v) is 6.92. The van der Waals surface area contributed by atoms with Gasteiger partial charge in [-0.15, -0.1) is 0 Å². The molecular formula is C21H29N5O2S. The van der Waals surface area contributed by atoms with Crippen LogP contribution in [0.5, 0.6) is 0 Å². The van der Waals surface area contributed by atoms with Crippen LogP contribution in [0.2, 0.25) is 0 Å². The summed E-state index contributed by atoms with van der Waals surface area (Å²) in [6, 6.07) is 0.507. The van der Waals surface area contributed by atoms with E-state index in [0.29, 0.717) is 17.5 Å². The van der Waals surface area contributed by atoms with Crippen LogP contribution in [-0.2, 0) is 4.79 Å². The highest BCUT2D eigenvalue weighted by Gasteiger charge is 2.46. The molecule has 3 fully saturated rings. The van der Waals surface area contributed by atoms with Gasteiger partial charge in [-0.05, 0) is 63.2 Å². The first kappa shape index (κ1) is 19.2. The van der Waals surface area contributed by atoms with Crippen molar-refractivity contribution in [3.05, 3.63) is 18.0 Å². The number of nitrogens with one attached hydrogen (secondary N) is 2. The van der Waals surface area contributed by atoms with Crippen molar-refractivity contribution < 1.29 is 9.59 Å². The standard InChI is InChI=1S/C21H29N5O2S/c1-21(10-13-4-6-26(7-5-13)18(27)16-11-22-23-12-16)19(28)25-20(29-21)24-17-9-14-2-3-15(17)8-14/h11-15,17H,2-10H2,1H3,(H,22,23)(H,24,25,28)/t14-,15?,17+,21?/m1/s1. The van der Waals surface area contributed by atoms with E-state index in [1.165, 1.54) is 25.7 Å². The number of aromatic nitrogens is 2. The molecule has 4 aliphatic rings. The summed E-state index contributed by atoms with van der Waals surface area (Å²) in [6.45, 7) is 3.52. The van der Waals surface area contributed by atoms with Gasteiger partial charge in [-0.1, -0.05) is 18.2 Å². The molecule has 3 heterocycles. The molecule has 8 heteroatoms. The second-order valence-corrected chi connectivity index (χ2v) is 10.9. The lowest BCUT2D eigenvalue weighted by Crippen LogP contribution is -2.41. The van der Waals surface area contributed by atoms with Gasteiger partial charge in [0.2, 0.25) is 0 Å². The summed E-state index contributed by atoms with van der Waals surface area (Å²) < 4.78 is -0.471. The van der Waals surface area contributed by atoms with E-state index in [1.54, 1.807) is 24.2 Å².